The van der Waals surface area contributed by atoms with Gasteiger partial charge in [0.25, 0.3) is 0 Å². The van der Waals surface area contributed by atoms with Crippen molar-refractivity contribution >= 4 is 11.9 Å². The average Bonchev–Trinajstić information content (AvgIpc) is 3.36. The van der Waals surface area contributed by atoms with E-state index in [1.54, 1.807) is 35.7 Å². The molecule has 12 heteroatoms. The SMILES string of the molecule is COc1ccc(-c2nc(-c3cnn(CCCCC(=O)NO)c3)nc(N3CCOCC3)n2)cn1. The Bertz CT molecular complexity index is 1070. The fourth-order valence-corrected chi connectivity index (χ4v) is 3.38. The van der Waals surface area contributed by atoms with Crippen molar-refractivity contribution in [3.8, 4) is 28.7 Å². The van der Waals surface area contributed by atoms with Crippen LogP contribution in [0.15, 0.2) is 30.7 Å². The van der Waals surface area contributed by atoms with Crippen LogP contribution in [0.2, 0.25) is 0 Å². The van der Waals surface area contributed by atoms with Crippen LogP contribution in [0.1, 0.15) is 19.3 Å². The first-order valence-corrected chi connectivity index (χ1v) is 10.7. The number of rotatable bonds is 9. The third kappa shape index (κ3) is 5.79. The lowest BCUT2D eigenvalue weighted by Gasteiger charge is -2.27. The molecule has 0 radical (unpaired) electrons. The molecule has 4 rings (SSSR count). The molecule has 3 aromatic heterocycles. The second-order valence-electron chi connectivity index (χ2n) is 7.46. The van der Waals surface area contributed by atoms with Crippen molar-refractivity contribution in [2.75, 3.05) is 38.3 Å². The van der Waals surface area contributed by atoms with Gasteiger partial charge in [0.1, 0.15) is 0 Å². The highest BCUT2D eigenvalue weighted by Gasteiger charge is 2.19. The number of morpholine rings is 1. The van der Waals surface area contributed by atoms with Gasteiger partial charge >= 0.3 is 0 Å². The summed E-state index contributed by atoms with van der Waals surface area (Å²) in [7, 11) is 1.57. The van der Waals surface area contributed by atoms with Gasteiger partial charge in [-0.25, -0.2) is 15.4 Å². The molecule has 0 bridgehead atoms. The van der Waals surface area contributed by atoms with E-state index in [1.807, 2.05) is 12.3 Å². The van der Waals surface area contributed by atoms with Crippen LogP contribution in [0.4, 0.5) is 5.95 Å². The zero-order chi connectivity index (χ0) is 23.0. The van der Waals surface area contributed by atoms with Gasteiger partial charge in [0.15, 0.2) is 11.6 Å². The Labute approximate surface area is 190 Å². The summed E-state index contributed by atoms with van der Waals surface area (Å²) >= 11 is 0. The minimum atomic E-state index is -0.391. The summed E-state index contributed by atoms with van der Waals surface area (Å²) in [5.41, 5.74) is 3.16. The molecule has 3 aromatic rings. The number of unbranched alkanes of at least 4 members (excludes halogenated alkanes) is 1. The summed E-state index contributed by atoms with van der Waals surface area (Å²) in [4.78, 5) is 31.5. The molecular formula is C21H26N8O4. The minimum absolute atomic E-state index is 0.264. The highest BCUT2D eigenvalue weighted by molar-refractivity contribution is 5.74. The standard InChI is InChI=1S/C21H26N8O4/c1-32-18-6-5-15(12-22-18)19-24-20(26-21(25-19)28-8-10-33-11-9-28)16-13-23-29(14-16)7-3-2-4-17(30)27-31/h5-6,12-14,31H,2-4,7-11H2,1H3,(H,27,30). The van der Waals surface area contributed by atoms with E-state index in [0.717, 1.165) is 17.5 Å². The molecule has 33 heavy (non-hydrogen) atoms. The number of hydrogen-bond donors (Lipinski definition) is 2. The Morgan fingerprint density at radius 1 is 1.12 bits per heavy atom. The first kappa shape index (κ1) is 22.6. The molecule has 0 atom stereocenters. The fraction of sp³-hybridized carbons (Fsp3) is 0.429. The van der Waals surface area contributed by atoms with Crippen molar-refractivity contribution in [3.63, 3.8) is 0 Å². The molecule has 1 saturated heterocycles. The molecule has 1 amide bonds. The Morgan fingerprint density at radius 3 is 2.61 bits per heavy atom. The van der Waals surface area contributed by atoms with Crippen LogP contribution in [0.3, 0.4) is 0 Å². The second kappa shape index (κ2) is 10.8. The van der Waals surface area contributed by atoms with Gasteiger partial charge < -0.3 is 14.4 Å². The lowest BCUT2D eigenvalue weighted by Crippen LogP contribution is -2.37. The molecule has 0 unspecified atom stereocenters. The van der Waals surface area contributed by atoms with E-state index in [4.69, 9.17) is 19.7 Å². The molecule has 0 saturated carbocycles. The number of methoxy groups -OCH3 is 1. The smallest absolute Gasteiger partial charge is 0.243 e. The van der Waals surface area contributed by atoms with Crippen LogP contribution in [0.5, 0.6) is 5.88 Å². The number of nitrogens with zero attached hydrogens (tertiary/aromatic N) is 7. The Hall–Kier alpha value is -3.64. The number of ether oxygens (including phenoxy) is 2. The van der Waals surface area contributed by atoms with Crippen LogP contribution >= 0.6 is 0 Å². The van der Waals surface area contributed by atoms with Crippen molar-refractivity contribution in [1.82, 2.24) is 35.2 Å². The molecule has 1 aliphatic heterocycles. The summed E-state index contributed by atoms with van der Waals surface area (Å²) in [6, 6.07) is 3.63. The lowest BCUT2D eigenvalue weighted by molar-refractivity contribution is -0.129. The first-order chi connectivity index (χ1) is 16.2. The highest BCUT2D eigenvalue weighted by atomic mass is 16.5. The van der Waals surface area contributed by atoms with E-state index >= 15 is 0 Å². The van der Waals surface area contributed by atoms with Crippen molar-refractivity contribution in [2.24, 2.45) is 0 Å². The Kier molecular flexibility index (Phi) is 7.37. The van der Waals surface area contributed by atoms with Crippen molar-refractivity contribution in [2.45, 2.75) is 25.8 Å². The third-order valence-electron chi connectivity index (χ3n) is 5.18. The zero-order valence-electron chi connectivity index (χ0n) is 18.3. The third-order valence-corrected chi connectivity index (χ3v) is 5.18. The quantitative estimate of drug-likeness (QED) is 0.276. The number of aryl methyl sites for hydroxylation is 1. The van der Waals surface area contributed by atoms with Gasteiger partial charge in [-0.15, -0.1) is 0 Å². The van der Waals surface area contributed by atoms with Crippen molar-refractivity contribution < 1.29 is 19.5 Å². The van der Waals surface area contributed by atoms with Crippen LogP contribution < -0.4 is 15.1 Å². The fourth-order valence-electron chi connectivity index (χ4n) is 3.38. The number of carbonyl (C=O) groups is 1. The van der Waals surface area contributed by atoms with Gasteiger partial charge in [-0.2, -0.15) is 15.1 Å². The summed E-state index contributed by atoms with van der Waals surface area (Å²) in [5, 5.41) is 13.0. The van der Waals surface area contributed by atoms with E-state index in [9.17, 15) is 4.79 Å². The maximum Gasteiger partial charge on any atom is 0.243 e. The van der Waals surface area contributed by atoms with Crippen LogP contribution in [0, 0.1) is 0 Å². The second-order valence-corrected chi connectivity index (χ2v) is 7.46. The number of anilines is 1. The number of amides is 1. The van der Waals surface area contributed by atoms with Crippen LogP contribution in [0.25, 0.3) is 22.8 Å². The van der Waals surface area contributed by atoms with Gasteiger partial charge in [-0.1, -0.05) is 0 Å². The van der Waals surface area contributed by atoms with Crippen LogP contribution in [-0.4, -0.2) is 74.2 Å². The maximum absolute atomic E-state index is 11.1. The van der Waals surface area contributed by atoms with E-state index in [0.29, 0.717) is 62.7 Å². The molecule has 4 heterocycles. The van der Waals surface area contributed by atoms with Gasteiger partial charge in [0, 0.05) is 50.1 Å². The summed E-state index contributed by atoms with van der Waals surface area (Å²) in [6.07, 6.45) is 6.92. The van der Waals surface area contributed by atoms with E-state index < -0.39 is 5.91 Å². The molecule has 0 aromatic carbocycles. The number of nitrogens with one attached hydrogen (secondary N) is 1. The summed E-state index contributed by atoms with van der Waals surface area (Å²) < 4.78 is 12.4. The van der Waals surface area contributed by atoms with E-state index in [1.165, 1.54) is 0 Å². The predicted octanol–water partition coefficient (Wildman–Crippen LogP) is 1.32. The topological polar surface area (TPSA) is 140 Å². The number of carbonyl (C=O) groups excluding carboxylic acids is 1. The molecule has 0 spiro atoms. The monoisotopic (exact) mass is 454 g/mol. The Morgan fingerprint density at radius 2 is 1.91 bits per heavy atom. The summed E-state index contributed by atoms with van der Waals surface area (Å²) in [5.74, 6) is 1.73. The molecule has 1 fully saturated rings. The van der Waals surface area contributed by atoms with Crippen molar-refractivity contribution in [1.29, 1.82) is 0 Å². The van der Waals surface area contributed by atoms with Crippen molar-refractivity contribution in [3.05, 3.63) is 30.7 Å². The molecule has 174 valence electrons. The normalized spacial score (nSPS) is 13.7. The lowest BCUT2D eigenvalue weighted by atomic mass is 10.2. The van der Waals surface area contributed by atoms with Crippen LogP contribution in [-0.2, 0) is 16.1 Å². The Balaban J connectivity index is 1.57. The molecule has 12 nitrogen and oxygen atoms in total. The number of hydroxylamine groups is 1. The van der Waals surface area contributed by atoms with Gasteiger partial charge in [-0.05, 0) is 18.9 Å². The molecule has 2 N–H and O–H groups in total. The summed E-state index contributed by atoms with van der Waals surface area (Å²) in [6.45, 7) is 3.27. The number of hydrogen-bond acceptors (Lipinski definition) is 10. The average molecular weight is 454 g/mol. The molecular weight excluding hydrogens is 428 g/mol. The molecule has 0 aliphatic carbocycles. The number of aromatic nitrogens is 6. The van der Waals surface area contributed by atoms with Gasteiger partial charge in [0.2, 0.25) is 17.7 Å². The van der Waals surface area contributed by atoms with Gasteiger partial charge in [-0.3, -0.25) is 14.7 Å². The molecule has 1 aliphatic rings. The first-order valence-electron chi connectivity index (χ1n) is 10.7. The maximum atomic E-state index is 11.1. The highest BCUT2D eigenvalue weighted by Crippen LogP contribution is 2.24. The van der Waals surface area contributed by atoms with Gasteiger partial charge in [0.05, 0.1) is 32.1 Å². The predicted molar refractivity (Wildman–Crippen MR) is 118 cm³/mol. The minimum Gasteiger partial charge on any atom is -0.481 e. The van der Waals surface area contributed by atoms with E-state index in [2.05, 4.69) is 25.0 Å². The van der Waals surface area contributed by atoms with E-state index in [-0.39, 0.29) is 6.42 Å². The zero-order valence-corrected chi connectivity index (χ0v) is 18.3. The number of pyridine rings is 1. The largest absolute Gasteiger partial charge is 0.481 e.